The first-order chi connectivity index (χ1) is 10.9. The molecule has 23 heavy (non-hydrogen) atoms. The van der Waals surface area contributed by atoms with Crippen LogP contribution < -0.4 is 10.1 Å². The number of carbonyl (C=O) groups excluding carboxylic acids is 1. The average molecular weight is 325 g/mol. The van der Waals surface area contributed by atoms with E-state index in [2.05, 4.69) is 10.4 Å². The number of benzene rings is 1. The molecule has 0 aliphatic carbocycles. The van der Waals surface area contributed by atoms with E-state index in [-0.39, 0.29) is 12.6 Å². The molecule has 0 radical (unpaired) electrons. The molecule has 5 nitrogen and oxygen atoms in total. The highest BCUT2D eigenvalue weighted by Gasteiger charge is 2.33. The van der Waals surface area contributed by atoms with Gasteiger partial charge in [-0.3, -0.25) is 9.48 Å². The van der Waals surface area contributed by atoms with Gasteiger partial charge in [-0.1, -0.05) is 18.2 Å². The Morgan fingerprint density at radius 1 is 1.35 bits per heavy atom. The number of hydrogen-bond acceptors (Lipinski definition) is 3. The van der Waals surface area contributed by atoms with E-state index in [1.807, 2.05) is 24.3 Å². The van der Waals surface area contributed by atoms with Crippen molar-refractivity contribution in [1.82, 2.24) is 15.1 Å². The van der Waals surface area contributed by atoms with Crippen LogP contribution in [0.2, 0.25) is 0 Å². The van der Waals surface area contributed by atoms with Crippen molar-refractivity contribution in [3.63, 3.8) is 0 Å². The van der Waals surface area contributed by atoms with Crippen molar-refractivity contribution in [3.05, 3.63) is 47.8 Å². The minimum atomic E-state index is -4.51. The van der Waals surface area contributed by atoms with Crippen molar-refractivity contribution < 1.29 is 22.7 Å². The third-order valence-corrected chi connectivity index (χ3v) is 3.48. The van der Waals surface area contributed by atoms with Crippen LogP contribution in [0, 0.1) is 0 Å². The number of amides is 1. The first kappa shape index (κ1) is 15.4. The Morgan fingerprint density at radius 3 is 2.83 bits per heavy atom. The zero-order valence-electron chi connectivity index (χ0n) is 12.0. The molecule has 0 bridgehead atoms. The third kappa shape index (κ3) is 3.64. The van der Waals surface area contributed by atoms with Gasteiger partial charge in [0.05, 0.1) is 6.54 Å². The fourth-order valence-electron chi connectivity index (χ4n) is 2.40. The number of hydrogen-bond donors (Lipinski definition) is 1. The van der Waals surface area contributed by atoms with Gasteiger partial charge in [0.25, 0.3) is 0 Å². The number of para-hydroxylation sites is 1. The van der Waals surface area contributed by atoms with Crippen LogP contribution in [0.15, 0.2) is 36.5 Å². The fraction of sp³-hybridized carbons (Fsp3) is 0.333. The number of nitrogens with one attached hydrogen (secondary N) is 1. The number of carbonyl (C=O) groups is 1. The van der Waals surface area contributed by atoms with Gasteiger partial charge in [0.1, 0.15) is 18.4 Å². The lowest BCUT2D eigenvalue weighted by molar-refractivity contribution is -0.141. The Bertz CT molecular complexity index is 687. The average Bonchev–Trinajstić information content (AvgIpc) is 3.10. The SMILES string of the molecule is O=C(Cn1ccc(C(F)(F)F)n1)NC[C@H]1Cc2ccccc2O1. The van der Waals surface area contributed by atoms with Crippen LogP contribution in [0.25, 0.3) is 0 Å². The molecule has 3 rings (SSSR count). The lowest BCUT2D eigenvalue weighted by Gasteiger charge is -2.12. The molecule has 1 aliphatic heterocycles. The van der Waals surface area contributed by atoms with Crippen molar-refractivity contribution in [2.75, 3.05) is 6.54 Å². The predicted octanol–water partition coefficient (Wildman–Crippen LogP) is 2.02. The normalized spacial score (nSPS) is 16.7. The van der Waals surface area contributed by atoms with E-state index in [0.717, 1.165) is 28.3 Å². The molecule has 0 saturated heterocycles. The summed E-state index contributed by atoms with van der Waals surface area (Å²) in [6.45, 7) is 0.0245. The molecule has 8 heteroatoms. The first-order valence-corrected chi connectivity index (χ1v) is 7.04. The van der Waals surface area contributed by atoms with E-state index in [0.29, 0.717) is 13.0 Å². The maximum atomic E-state index is 12.4. The number of aromatic nitrogens is 2. The molecular formula is C15H14F3N3O2. The number of halogens is 3. The highest BCUT2D eigenvalue weighted by Crippen LogP contribution is 2.28. The molecule has 0 saturated carbocycles. The van der Waals surface area contributed by atoms with Crippen LogP contribution in [0.4, 0.5) is 13.2 Å². The Kier molecular flexibility index (Phi) is 3.97. The van der Waals surface area contributed by atoms with Gasteiger partial charge in [0, 0.05) is 12.6 Å². The molecule has 0 fully saturated rings. The van der Waals surface area contributed by atoms with Crippen LogP contribution in [0.1, 0.15) is 11.3 Å². The largest absolute Gasteiger partial charge is 0.488 e. The molecule has 122 valence electrons. The second-order valence-corrected chi connectivity index (χ2v) is 5.25. The van der Waals surface area contributed by atoms with Gasteiger partial charge in [-0.2, -0.15) is 18.3 Å². The first-order valence-electron chi connectivity index (χ1n) is 7.04. The molecule has 1 atom stereocenters. The van der Waals surface area contributed by atoms with E-state index in [9.17, 15) is 18.0 Å². The summed E-state index contributed by atoms with van der Waals surface area (Å²) < 4.78 is 43.9. The summed E-state index contributed by atoms with van der Waals surface area (Å²) in [5, 5.41) is 5.98. The Morgan fingerprint density at radius 2 is 2.13 bits per heavy atom. The van der Waals surface area contributed by atoms with Crippen molar-refractivity contribution in [2.24, 2.45) is 0 Å². The van der Waals surface area contributed by atoms with Gasteiger partial charge >= 0.3 is 6.18 Å². The zero-order chi connectivity index (χ0) is 16.4. The van der Waals surface area contributed by atoms with Gasteiger partial charge in [-0.05, 0) is 17.7 Å². The van der Waals surface area contributed by atoms with Crippen molar-refractivity contribution >= 4 is 5.91 Å². The zero-order valence-corrected chi connectivity index (χ0v) is 12.0. The van der Waals surface area contributed by atoms with Crippen molar-refractivity contribution in [2.45, 2.75) is 25.2 Å². The maximum absolute atomic E-state index is 12.4. The molecular weight excluding hydrogens is 311 g/mol. The Hall–Kier alpha value is -2.51. The second-order valence-electron chi connectivity index (χ2n) is 5.25. The van der Waals surface area contributed by atoms with Crippen molar-refractivity contribution in [1.29, 1.82) is 0 Å². The predicted molar refractivity (Wildman–Crippen MR) is 74.8 cm³/mol. The minimum Gasteiger partial charge on any atom is -0.488 e. The number of fused-ring (bicyclic) bond motifs is 1. The summed E-state index contributed by atoms with van der Waals surface area (Å²) >= 11 is 0. The molecule has 1 aromatic heterocycles. The van der Waals surface area contributed by atoms with Crippen LogP contribution in [0.5, 0.6) is 5.75 Å². The maximum Gasteiger partial charge on any atom is 0.435 e. The van der Waals surface area contributed by atoms with E-state index >= 15 is 0 Å². The molecule has 1 N–H and O–H groups in total. The molecule has 2 aromatic rings. The van der Waals surface area contributed by atoms with Gasteiger partial charge in [0.2, 0.25) is 5.91 Å². The van der Waals surface area contributed by atoms with E-state index in [1.54, 1.807) is 0 Å². The van der Waals surface area contributed by atoms with Gasteiger partial charge in [-0.15, -0.1) is 0 Å². The molecule has 0 spiro atoms. The molecule has 1 amide bonds. The fourth-order valence-corrected chi connectivity index (χ4v) is 2.40. The lowest BCUT2D eigenvalue weighted by atomic mass is 10.1. The van der Waals surface area contributed by atoms with Crippen molar-refractivity contribution in [3.8, 4) is 5.75 Å². The number of rotatable bonds is 4. The summed E-state index contributed by atoms with van der Waals surface area (Å²) in [7, 11) is 0. The Labute approximate surface area is 130 Å². The standard InChI is InChI=1S/C15H14F3N3O2/c16-15(17,18)13-5-6-21(20-13)9-14(22)19-8-11-7-10-3-1-2-4-12(10)23-11/h1-6,11H,7-9H2,(H,19,22)/t11-/m1/s1. The third-order valence-electron chi connectivity index (χ3n) is 3.48. The topological polar surface area (TPSA) is 56.2 Å². The summed E-state index contributed by atoms with van der Waals surface area (Å²) in [5.41, 5.74) is 0.0634. The quantitative estimate of drug-likeness (QED) is 0.936. The summed E-state index contributed by atoms with van der Waals surface area (Å²) in [5.74, 6) is 0.384. The van der Waals surface area contributed by atoms with E-state index < -0.39 is 17.8 Å². The summed E-state index contributed by atoms with van der Waals surface area (Å²) in [6, 6.07) is 8.44. The van der Waals surface area contributed by atoms with Gasteiger partial charge in [-0.25, -0.2) is 0 Å². The number of nitrogens with zero attached hydrogens (tertiary/aromatic N) is 2. The summed E-state index contributed by atoms with van der Waals surface area (Å²) in [6.07, 6.45) is -2.86. The molecule has 2 heterocycles. The van der Waals surface area contributed by atoms with Crippen LogP contribution in [-0.2, 0) is 23.9 Å². The Balaban J connectivity index is 1.48. The lowest BCUT2D eigenvalue weighted by Crippen LogP contribution is -2.36. The minimum absolute atomic E-state index is 0.167. The van der Waals surface area contributed by atoms with Crippen LogP contribution in [-0.4, -0.2) is 28.3 Å². The van der Waals surface area contributed by atoms with Crippen LogP contribution in [0.3, 0.4) is 0 Å². The van der Waals surface area contributed by atoms with Gasteiger partial charge < -0.3 is 10.1 Å². The highest BCUT2D eigenvalue weighted by atomic mass is 19.4. The highest BCUT2D eigenvalue weighted by molar-refractivity contribution is 5.75. The van der Waals surface area contributed by atoms with Crippen LogP contribution >= 0.6 is 0 Å². The second kappa shape index (κ2) is 5.94. The number of ether oxygens (including phenoxy) is 1. The molecule has 0 unspecified atom stereocenters. The monoisotopic (exact) mass is 325 g/mol. The van der Waals surface area contributed by atoms with Gasteiger partial charge in [0.15, 0.2) is 5.69 Å². The van der Waals surface area contributed by atoms with E-state index in [4.69, 9.17) is 4.74 Å². The molecule has 1 aromatic carbocycles. The smallest absolute Gasteiger partial charge is 0.435 e. The van der Waals surface area contributed by atoms with E-state index in [1.165, 1.54) is 0 Å². The summed E-state index contributed by atoms with van der Waals surface area (Å²) in [4.78, 5) is 11.8. The number of alkyl halides is 3. The molecule has 1 aliphatic rings.